The molecule has 0 saturated carbocycles. The summed E-state index contributed by atoms with van der Waals surface area (Å²) in [6.07, 6.45) is 0.746. The van der Waals surface area contributed by atoms with Gasteiger partial charge in [-0.2, -0.15) is 0 Å². The minimum atomic E-state index is -2.80. The first kappa shape index (κ1) is 18.7. The van der Waals surface area contributed by atoms with Crippen LogP contribution in [0.5, 0.6) is 0 Å². The molecule has 0 bridgehead atoms. The smallest absolute Gasteiger partial charge is 0.191 e. The van der Waals surface area contributed by atoms with E-state index in [0.29, 0.717) is 18.1 Å². The lowest BCUT2D eigenvalue weighted by Gasteiger charge is -2.14. The van der Waals surface area contributed by atoms with Crippen molar-refractivity contribution in [2.75, 3.05) is 25.1 Å². The minimum Gasteiger partial charge on any atom is -0.356 e. The molecule has 0 amide bonds. The standard InChI is InChI=1S/C13H21N3O2S2.HI/c1-10-3-5-19-12(10)8-16-13(14-2)15-7-11-4-6-20(17,18)9-11;/h3,5,11H,4,6-9H2,1-2H3,(H2,14,15,16);1H. The average molecular weight is 443 g/mol. The maximum atomic E-state index is 11.4. The van der Waals surface area contributed by atoms with E-state index in [0.717, 1.165) is 18.9 Å². The minimum absolute atomic E-state index is 0. The number of aliphatic imine (C=N–C) groups is 1. The van der Waals surface area contributed by atoms with Crippen LogP contribution in [0.4, 0.5) is 0 Å². The first-order valence-corrected chi connectivity index (χ1v) is 9.38. The first-order valence-electron chi connectivity index (χ1n) is 6.68. The number of nitrogens with zero attached hydrogens (tertiary/aromatic N) is 1. The van der Waals surface area contributed by atoms with Gasteiger partial charge in [0, 0.05) is 18.5 Å². The molecule has 5 nitrogen and oxygen atoms in total. The molecule has 1 fully saturated rings. The van der Waals surface area contributed by atoms with Crippen molar-refractivity contribution in [1.29, 1.82) is 0 Å². The summed E-state index contributed by atoms with van der Waals surface area (Å²) in [5.74, 6) is 1.53. The van der Waals surface area contributed by atoms with Gasteiger partial charge in [0.15, 0.2) is 15.8 Å². The highest BCUT2D eigenvalue weighted by molar-refractivity contribution is 14.0. The van der Waals surface area contributed by atoms with E-state index >= 15 is 0 Å². The molecule has 2 N–H and O–H groups in total. The second-order valence-corrected chi connectivity index (χ2v) is 8.33. The number of hydrogen-bond acceptors (Lipinski definition) is 4. The Bertz CT molecular complexity index is 584. The Hall–Kier alpha value is -0.350. The van der Waals surface area contributed by atoms with Gasteiger partial charge in [-0.25, -0.2) is 8.42 Å². The Kier molecular flexibility index (Phi) is 7.41. The molecular formula is C13H22IN3O2S2. The summed E-state index contributed by atoms with van der Waals surface area (Å²) in [5, 5.41) is 8.54. The number of aryl methyl sites for hydroxylation is 1. The van der Waals surface area contributed by atoms with E-state index in [4.69, 9.17) is 0 Å². The number of sulfone groups is 1. The van der Waals surface area contributed by atoms with E-state index in [2.05, 4.69) is 34.0 Å². The number of rotatable bonds is 4. The molecule has 0 aliphatic carbocycles. The van der Waals surface area contributed by atoms with Gasteiger partial charge in [0.1, 0.15) is 0 Å². The Morgan fingerprint density at radius 3 is 2.76 bits per heavy atom. The molecule has 0 spiro atoms. The van der Waals surface area contributed by atoms with Gasteiger partial charge < -0.3 is 10.6 Å². The molecule has 1 atom stereocenters. The number of hydrogen-bond donors (Lipinski definition) is 2. The van der Waals surface area contributed by atoms with Crippen molar-refractivity contribution in [3.8, 4) is 0 Å². The summed E-state index contributed by atoms with van der Waals surface area (Å²) in [6, 6.07) is 2.10. The lowest BCUT2D eigenvalue weighted by Crippen LogP contribution is -2.39. The number of thiophene rings is 1. The van der Waals surface area contributed by atoms with E-state index in [-0.39, 0.29) is 29.9 Å². The van der Waals surface area contributed by atoms with Crippen LogP contribution in [0.2, 0.25) is 0 Å². The normalized spacial score (nSPS) is 20.9. The monoisotopic (exact) mass is 443 g/mol. The molecule has 1 aliphatic heterocycles. The molecule has 2 rings (SSSR count). The van der Waals surface area contributed by atoms with Crippen LogP contribution in [-0.4, -0.2) is 39.5 Å². The van der Waals surface area contributed by atoms with E-state index < -0.39 is 9.84 Å². The van der Waals surface area contributed by atoms with Crippen molar-refractivity contribution in [3.05, 3.63) is 21.9 Å². The van der Waals surface area contributed by atoms with Crippen LogP contribution in [0, 0.1) is 12.8 Å². The van der Waals surface area contributed by atoms with Crippen molar-refractivity contribution in [2.24, 2.45) is 10.9 Å². The molecule has 1 aliphatic rings. The van der Waals surface area contributed by atoms with Gasteiger partial charge in [-0.1, -0.05) is 0 Å². The maximum absolute atomic E-state index is 11.4. The second kappa shape index (κ2) is 8.33. The molecule has 1 saturated heterocycles. The van der Waals surface area contributed by atoms with Crippen LogP contribution < -0.4 is 10.6 Å². The van der Waals surface area contributed by atoms with E-state index in [1.165, 1.54) is 10.4 Å². The van der Waals surface area contributed by atoms with Crippen LogP contribution >= 0.6 is 35.3 Å². The van der Waals surface area contributed by atoms with Crippen LogP contribution in [0.1, 0.15) is 16.9 Å². The molecule has 1 unspecified atom stereocenters. The Morgan fingerprint density at radius 2 is 2.24 bits per heavy atom. The predicted molar refractivity (Wildman–Crippen MR) is 99.4 cm³/mol. The number of nitrogens with one attached hydrogen (secondary N) is 2. The number of halogens is 1. The molecule has 1 aromatic heterocycles. The van der Waals surface area contributed by atoms with Gasteiger partial charge in [-0.05, 0) is 36.3 Å². The van der Waals surface area contributed by atoms with Crippen LogP contribution in [0.25, 0.3) is 0 Å². The zero-order valence-electron chi connectivity index (χ0n) is 12.3. The van der Waals surface area contributed by atoms with Crippen molar-refractivity contribution >= 4 is 51.1 Å². The summed E-state index contributed by atoms with van der Waals surface area (Å²) in [5.41, 5.74) is 1.28. The fraction of sp³-hybridized carbons (Fsp3) is 0.615. The van der Waals surface area contributed by atoms with Crippen molar-refractivity contribution in [1.82, 2.24) is 10.6 Å². The summed E-state index contributed by atoms with van der Waals surface area (Å²) >= 11 is 1.72. The lowest BCUT2D eigenvalue weighted by molar-refractivity contribution is 0.567. The van der Waals surface area contributed by atoms with Crippen LogP contribution in [-0.2, 0) is 16.4 Å². The van der Waals surface area contributed by atoms with E-state index in [9.17, 15) is 8.42 Å². The first-order chi connectivity index (χ1) is 9.50. The SMILES string of the molecule is CN=C(NCc1sccc1C)NCC1CCS(=O)(=O)C1.I. The molecule has 0 aromatic carbocycles. The van der Waals surface area contributed by atoms with Crippen molar-refractivity contribution in [3.63, 3.8) is 0 Å². The Labute approximate surface area is 147 Å². The average Bonchev–Trinajstić information content (AvgIpc) is 2.96. The Morgan fingerprint density at radius 1 is 1.48 bits per heavy atom. The van der Waals surface area contributed by atoms with Gasteiger partial charge in [0.25, 0.3) is 0 Å². The predicted octanol–water partition coefficient (Wildman–Crippen LogP) is 1.77. The Balaban J connectivity index is 0.00000220. The quantitative estimate of drug-likeness (QED) is 0.423. The fourth-order valence-corrected chi connectivity index (χ4v) is 4.95. The topological polar surface area (TPSA) is 70.6 Å². The molecule has 2 heterocycles. The molecule has 1 aromatic rings. The highest BCUT2D eigenvalue weighted by atomic mass is 127. The van der Waals surface area contributed by atoms with Crippen molar-refractivity contribution < 1.29 is 8.42 Å². The van der Waals surface area contributed by atoms with E-state index in [1.54, 1.807) is 18.4 Å². The zero-order valence-corrected chi connectivity index (χ0v) is 16.2. The van der Waals surface area contributed by atoms with E-state index in [1.807, 2.05) is 0 Å². The van der Waals surface area contributed by atoms with Gasteiger partial charge in [-0.3, -0.25) is 4.99 Å². The summed E-state index contributed by atoms with van der Waals surface area (Å²) in [7, 11) is -1.08. The molecule has 0 radical (unpaired) electrons. The molecule has 120 valence electrons. The second-order valence-electron chi connectivity index (χ2n) is 5.10. The third-order valence-corrected chi connectivity index (χ3v) is 6.35. The highest BCUT2D eigenvalue weighted by Crippen LogP contribution is 2.17. The molecular weight excluding hydrogens is 421 g/mol. The largest absolute Gasteiger partial charge is 0.356 e. The summed E-state index contributed by atoms with van der Waals surface area (Å²) < 4.78 is 22.8. The third-order valence-electron chi connectivity index (χ3n) is 3.49. The third kappa shape index (κ3) is 5.74. The zero-order chi connectivity index (χ0) is 14.6. The fourth-order valence-electron chi connectivity index (χ4n) is 2.24. The highest BCUT2D eigenvalue weighted by Gasteiger charge is 2.27. The van der Waals surface area contributed by atoms with Gasteiger partial charge in [0.2, 0.25) is 0 Å². The summed E-state index contributed by atoms with van der Waals surface area (Å²) in [6.45, 7) is 3.49. The van der Waals surface area contributed by atoms with Crippen LogP contribution in [0.15, 0.2) is 16.4 Å². The maximum Gasteiger partial charge on any atom is 0.191 e. The molecule has 21 heavy (non-hydrogen) atoms. The van der Waals surface area contributed by atoms with Crippen molar-refractivity contribution in [2.45, 2.75) is 19.9 Å². The van der Waals surface area contributed by atoms with Gasteiger partial charge in [0.05, 0.1) is 18.1 Å². The summed E-state index contributed by atoms with van der Waals surface area (Å²) in [4.78, 5) is 5.45. The number of guanidine groups is 1. The van der Waals surface area contributed by atoms with Gasteiger partial charge in [-0.15, -0.1) is 35.3 Å². The molecule has 8 heteroatoms. The lowest BCUT2D eigenvalue weighted by atomic mass is 10.1. The van der Waals surface area contributed by atoms with Gasteiger partial charge >= 0.3 is 0 Å². The van der Waals surface area contributed by atoms with Crippen LogP contribution in [0.3, 0.4) is 0 Å².